The molecule has 3 rings (SSSR count). The number of hydrogen-bond donors (Lipinski definition) is 3. The predicted octanol–water partition coefficient (Wildman–Crippen LogP) is 1.68. The molecule has 0 amide bonds. The number of benzene rings is 2. The highest BCUT2D eigenvalue weighted by Crippen LogP contribution is 2.24. The molecule has 6 heteroatoms. The predicted molar refractivity (Wildman–Crippen MR) is 101 cm³/mol. The number of carbonyl (C=O) groups is 1. The maximum atomic E-state index is 12.7. The van der Waals surface area contributed by atoms with E-state index in [4.69, 9.17) is 4.74 Å². The van der Waals surface area contributed by atoms with Crippen molar-refractivity contribution in [3.05, 3.63) is 65.7 Å². The largest absolute Gasteiger partial charge is 0.488 e. The first-order valence-electron chi connectivity index (χ1n) is 9.07. The minimum atomic E-state index is -1.51. The van der Waals surface area contributed by atoms with Gasteiger partial charge in [0.05, 0.1) is 0 Å². The highest BCUT2D eigenvalue weighted by Gasteiger charge is 2.26. The molecular weight excluding hydrogens is 329 g/mol. The monoisotopic (exact) mass is 353 g/mol. The molecule has 0 aromatic heterocycles. The van der Waals surface area contributed by atoms with Crippen molar-refractivity contribution in [3.63, 3.8) is 0 Å². The number of esters is 1. The van der Waals surface area contributed by atoms with Gasteiger partial charge in [-0.1, -0.05) is 54.6 Å². The Hall–Kier alpha value is -2.15. The van der Waals surface area contributed by atoms with Gasteiger partial charge in [-0.25, -0.2) is 4.79 Å². The van der Waals surface area contributed by atoms with Crippen molar-refractivity contribution in [3.8, 4) is 0 Å². The third-order valence-corrected chi connectivity index (χ3v) is 4.71. The number of nitrogens with one attached hydrogen (secondary N) is 1. The molecule has 2 aromatic carbocycles. The van der Waals surface area contributed by atoms with Crippen LogP contribution >= 0.6 is 0 Å². The zero-order valence-corrected chi connectivity index (χ0v) is 14.7. The molecule has 1 atom stereocenters. The summed E-state index contributed by atoms with van der Waals surface area (Å²) < 4.78 is 5.70. The second-order valence-electron chi connectivity index (χ2n) is 6.69. The van der Waals surface area contributed by atoms with Crippen LogP contribution in [0.1, 0.15) is 42.9 Å². The lowest BCUT2D eigenvalue weighted by Gasteiger charge is -2.21. The molecule has 1 saturated carbocycles. The molecule has 0 heterocycles. The van der Waals surface area contributed by atoms with Crippen LogP contribution in [0.2, 0.25) is 0 Å². The van der Waals surface area contributed by atoms with Crippen LogP contribution < -0.4 is 10.8 Å². The van der Waals surface area contributed by atoms with Gasteiger partial charge in [0.1, 0.15) is 12.1 Å². The average Bonchev–Trinajstić information content (AvgIpc) is 3.16. The lowest BCUT2D eigenvalue weighted by atomic mass is 9.79. The lowest BCUT2D eigenvalue weighted by Crippen LogP contribution is -2.33. The summed E-state index contributed by atoms with van der Waals surface area (Å²) in [5, 5.41) is 21.9. The first kappa shape index (κ1) is 18.6. The Labute approximate surface area is 154 Å². The van der Waals surface area contributed by atoms with Crippen molar-refractivity contribution in [2.75, 3.05) is 0 Å². The topological polar surface area (TPSA) is 78.8 Å². The third-order valence-electron chi connectivity index (χ3n) is 4.71. The summed E-state index contributed by atoms with van der Waals surface area (Å²) >= 11 is 0. The summed E-state index contributed by atoms with van der Waals surface area (Å²) in [7, 11) is -1.51. The van der Waals surface area contributed by atoms with Crippen LogP contribution in [-0.2, 0) is 16.1 Å². The maximum Gasteiger partial charge on any atom is 0.488 e. The van der Waals surface area contributed by atoms with E-state index in [0.29, 0.717) is 12.0 Å². The minimum Gasteiger partial charge on any atom is -0.461 e. The zero-order chi connectivity index (χ0) is 18.4. The summed E-state index contributed by atoms with van der Waals surface area (Å²) in [4.78, 5) is 12.7. The van der Waals surface area contributed by atoms with Crippen LogP contribution in [0.3, 0.4) is 0 Å². The molecule has 136 valence electrons. The Kier molecular flexibility index (Phi) is 6.44. The number of hydrogen-bond acceptors (Lipinski definition) is 5. The number of ether oxygens (including phenoxy) is 1. The fourth-order valence-electron chi connectivity index (χ4n) is 3.30. The van der Waals surface area contributed by atoms with E-state index in [2.05, 4.69) is 5.32 Å². The SMILES string of the molecule is O=C(OC1CCCC1)[C@@H](NCc1cccc(B(O)O)c1)c1ccccc1. The second kappa shape index (κ2) is 8.99. The molecule has 0 unspecified atom stereocenters. The van der Waals surface area contributed by atoms with E-state index in [1.807, 2.05) is 36.4 Å². The average molecular weight is 353 g/mol. The van der Waals surface area contributed by atoms with Crippen LogP contribution in [0, 0.1) is 0 Å². The molecule has 1 aliphatic rings. The van der Waals surface area contributed by atoms with E-state index in [0.717, 1.165) is 36.8 Å². The normalized spacial score (nSPS) is 15.6. The van der Waals surface area contributed by atoms with Gasteiger partial charge in [-0.3, -0.25) is 5.32 Å². The molecule has 0 saturated heterocycles. The second-order valence-corrected chi connectivity index (χ2v) is 6.69. The summed E-state index contributed by atoms with van der Waals surface area (Å²) in [6.07, 6.45) is 4.10. The Morgan fingerprint density at radius 3 is 2.54 bits per heavy atom. The number of rotatable bonds is 7. The van der Waals surface area contributed by atoms with Crippen molar-refractivity contribution in [1.82, 2.24) is 5.32 Å². The molecule has 0 aliphatic heterocycles. The highest BCUT2D eigenvalue weighted by atomic mass is 16.5. The van der Waals surface area contributed by atoms with Crippen LogP contribution in [0.4, 0.5) is 0 Å². The molecule has 0 radical (unpaired) electrons. The Bertz CT molecular complexity index is 717. The molecule has 3 N–H and O–H groups in total. The fraction of sp³-hybridized carbons (Fsp3) is 0.350. The summed E-state index contributed by atoms with van der Waals surface area (Å²) in [5.41, 5.74) is 2.15. The van der Waals surface area contributed by atoms with Crippen LogP contribution in [0.15, 0.2) is 54.6 Å². The first-order chi connectivity index (χ1) is 12.6. The molecule has 0 bridgehead atoms. The van der Waals surface area contributed by atoms with Crippen molar-refractivity contribution in [2.45, 2.75) is 44.4 Å². The molecule has 5 nitrogen and oxygen atoms in total. The third kappa shape index (κ3) is 4.94. The number of carbonyl (C=O) groups excluding carboxylic acids is 1. The Balaban J connectivity index is 1.71. The molecule has 0 spiro atoms. The van der Waals surface area contributed by atoms with E-state index in [9.17, 15) is 14.8 Å². The van der Waals surface area contributed by atoms with Gasteiger partial charge in [-0.2, -0.15) is 0 Å². The highest BCUT2D eigenvalue weighted by molar-refractivity contribution is 6.58. The lowest BCUT2D eigenvalue weighted by molar-refractivity contribution is -0.151. The molecule has 2 aromatic rings. The smallest absolute Gasteiger partial charge is 0.461 e. The van der Waals surface area contributed by atoms with Crippen molar-refractivity contribution in [1.29, 1.82) is 0 Å². The van der Waals surface area contributed by atoms with E-state index >= 15 is 0 Å². The van der Waals surface area contributed by atoms with Gasteiger partial charge in [0, 0.05) is 6.54 Å². The van der Waals surface area contributed by atoms with Crippen molar-refractivity contribution in [2.24, 2.45) is 0 Å². The van der Waals surface area contributed by atoms with Crippen molar-refractivity contribution < 1.29 is 19.6 Å². The quantitative estimate of drug-likeness (QED) is 0.522. The van der Waals surface area contributed by atoms with Gasteiger partial charge in [-0.15, -0.1) is 0 Å². The maximum absolute atomic E-state index is 12.7. The van der Waals surface area contributed by atoms with Gasteiger partial charge in [0.15, 0.2) is 0 Å². The van der Waals surface area contributed by atoms with Gasteiger partial charge in [0.2, 0.25) is 0 Å². The van der Waals surface area contributed by atoms with Crippen LogP contribution in [-0.4, -0.2) is 29.2 Å². The molecular formula is C20H24BNO4. The van der Waals surface area contributed by atoms with E-state index < -0.39 is 13.2 Å². The van der Waals surface area contributed by atoms with E-state index in [-0.39, 0.29) is 12.1 Å². The van der Waals surface area contributed by atoms with E-state index in [1.54, 1.807) is 18.2 Å². The van der Waals surface area contributed by atoms with E-state index in [1.165, 1.54) is 0 Å². The van der Waals surface area contributed by atoms with Crippen molar-refractivity contribution >= 4 is 18.6 Å². The van der Waals surface area contributed by atoms with Crippen LogP contribution in [0.25, 0.3) is 0 Å². The molecule has 26 heavy (non-hydrogen) atoms. The fourth-order valence-corrected chi connectivity index (χ4v) is 3.30. The minimum absolute atomic E-state index is 0.0170. The Morgan fingerprint density at radius 2 is 1.85 bits per heavy atom. The summed E-state index contributed by atoms with van der Waals surface area (Å²) in [6.45, 7) is 0.417. The van der Waals surface area contributed by atoms with Gasteiger partial charge < -0.3 is 14.8 Å². The first-order valence-corrected chi connectivity index (χ1v) is 9.07. The zero-order valence-electron chi connectivity index (χ0n) is 14.7. The van der Waals surface area contributed by atoms with Gasteiger partial charge in [-0.05, 0) is 42.3 Å². The van der Waals surface area contributed by atoms with Crippen LogP contribution in [0.5, 0.6) is 0 Å². The molecule has 1 aliphatic carbocycles. The molecule has 1 fully saturated rings. The standard InChI is InChI=1S/C20H24BNO4/c23-20(26-18-11-4-5-12-18)19(16-8-2-1-3-9-16)22-14-15-7-6-10-17(13-15)21(24)25/h1-3,6-10,13,18-19,22,24-25H,4-5,11-12,14H2/t19-/m0/s1. The summed E-state index contributed by atoms with van der Waals surface area (Å²) in [6, 6.07) is 16.0. The van der Waals surface area contributed by atoms with Gasteiger partial charge in [0.25, 0.3) is 0 Å². The van der Waals surface area contributed by atoms with Gasteiger partial charge >= 0.3 is 13.1 Å². The summed E-state index contributed by atoms with van der Waals surface area (Å²) in [5.74, 6) is -0.263. The Morgan fingerprint density at radius 1 is 1.12 bits per heavy atom.